The van der Waals surface area contributed by atoms with Crippen LogP contribution in [0.4, 0.5) is 10.5 Å². The summed E-state index contributed by atoms with van der Waals surface area (Å²) >= 11 is 0. The van der Waals surface area contributed by atoms with E-state index in [1.807, 2.05) is 36.4 Å². The van der Waals surface area contributed by atoms with Gasteiger partial charge in [-0.1, -0.05) is 48.5 Å². The van der Waals surface area contributed by atoms with Gasteiger partial charge in [-0.3, -0.25) is 14.8 Å². The van der Waals surface area contributed by atoms with Gasteiger partial charge < -0.3 is 14.7 Å². The average Bonchev–Trinajstić information content (AvgIpc) is 3.28. The number of fused-ring (bicyclic) bond motifs is 3. The molecule has 9 nitrogen and oxygen atoms in total. The predicted molar refractivity (Wildman–Crippen MR) is 119 cm³/mol. The second-order valence-electron chi connectivity index (χ2n) is 8.16. The first-order chi connectivity index (χ1) is 15.9. The topological polar surface area (TPSA) is 114 Å². The molecule has 1 saturated heterocycles. The van der Waals surface area contributed by atoms with Crippen LogP contribution in [0.5, 0.6) is 0 Å². The molecule has 1 fully saturated rings. The van der Waals surface area contributed by atoms with Gasteiger partial charge in [0.25, 0.3) is 5.91 Å². The van der Waals surface area contributed by atoms with E-state index in [9.17, 15) is 19.5 Å². The molecule has 1 aromatic heterocycles. The van der Waals surface area contributed by atoms with Crippen LogP contribution in [0.1, 0.15) is 34.0 Å². The molecule has 2 heterocycles. The van der Waals surface area contributed by atoms with Crippen LogP contribution in [0.25, 0.3) is 11.1 Å². The molecular weight excluding hydrogens is 424 g/mol. The highest BCUT2D eigenvalue weighted by molar-refractivity contribution is 6.02. The van der Waals surface area contributed by atoms with Crippen molar-refractivity contribution in [3.63, 3.8) is 0 Å². The molecule has 1 aliphatic carbocycles. The van der Waals surface area contributed by atoms with E-state index in [1.54, 1.807) is 7.05 Å². The minimum absolute atomic E-state index is 0.0167. The molecule has 2 aromatic carbocycles. The van der Waals surface area contributed by atoms with Crippen LogP contribution in [0, 0.1) is 0 Å². The molecule has 5 rings (SSSR count). The van der Waals surface area contributed by atoms with Gasteiger partial charge in [-0.05, 0) is 28.7 Å². The highest BCUT2D eigenvalue weighted by atomic mass is 16.5. The van der Waals surface area contributed by atoms with E-state index in [-0.39, 0.29) is 23.9 Å². The van der Waals surface area contributed by atoms with Gasteiger partial charge in [0, 0.05) is 25.7 Å². The Bertz CT molecular complexity index is 1220. The first-order valence-corrected chi connectivity index (χ1v) is 10.6. The Morgan fingerprint density at radius 3 is 2.30 bits per heavy atom. The Morgan fingerprint density at radius 1 is 1.09 bits per heavy atom. The maximum atomic E-state index is 12.8. The number of aromatic nitrogens is 2. The Labute approximate surface area is 189 Å². The number of carboxylic acids is 1. The maximum Gasteiger partial charge on any atom is 0.411 e. The van der Waals surface area contributed by atoms with E-state index < -0.39 is 24.0 Å². The number of likely N-dealkylation sites (tertiary alicyclic amines) is 1. The van der Waals surface area contributed by atoms with Crippen LogP contribution in [0.15, 0.2) is 54.7 Å². The zero-order chi connectivity index (χ0) is 23.1. The minimum atomic E-state index is -1.06. The number of benzene rings is 2. The fourth-order valence-electron chi connectivity index (χ4n) is 4.51. The van der Waals surface area contributed by atoms with Crippen LogP contribution in [0.3, 0.4) is 0 Å². The molecule has 168 valence electrons. The maximum absolute atomic E-state index is 12.8. The Morgan fingerprint density at radius 2 is 1.73 bits per heavy atom. The number of hydrogen-bond donors (Lipinski definition) is 2. The van der Waals surface area contributed by atoms with Gasteiger partial charge in [0.2, 0.25) is 0 Å². The molecular formula is C24H22N4O5. The van der Waals surface area contributed by atoms with Crippen molar-refractivity contribution >= 4 is 23.7 Å². The molecule has 0 spiro atoms. The second-order valence-corrected chi connectivity index (χ2v) is 8.16. The van der Waals surface area contributed by atoms with Gasteiger partial charge in [-0.15, -0.1) is 0 Å². The Balaban J connectivity index is 1.29. The molecule has 33 heavy (non-hydrogen) atoms. The lowest BCUT2D eigenvalue weighted by Gasteiger charge is -2.37. The largest absolute Gasteiger partial charge is 0.480 e. The number of rotatable bonds is 5. The number of amides is 2. The van der Waals surface area contributed by atoms with E-state index >= 15 is 0 Å². The number of nitrogens with zero attached hydrogens (tertiary/aromatic N) is 3. The SMILES string of the molecule is Cn1cc(NC(=O)OCC2c3ccccc3-c3ccccc32)c(C(=O)N2CCC2C(=O)O)n1. The molecule has 2 amide bonds. The molecule has 0 saturated carbocycles. The predicted octanol–water partition coefficient (Wildman–Crippen LogP) is 3.08. The Hall–Kier alpha value is -4.14. The monoisotopic (exact) mass is 446 g/mol. The third kappa shape index (κ3) is 3.61. The fraction of sp³-hybridized carbons (Fsp3) is 0.250. The molecule has 0 radical (unpaired) electrons. The number of nitrogens with one attached hydrogen (secondary N) is 1. The van der Waals surface area contributed by atoms with Crippen molar-refractivity contribution in [3.8, 4) is 11.1 Å². The van der Waals surface area contributed by atoms with Gasteiger partial charge in [0.15, 0.2) is 5.69 Å². The van der Waals surface area contributed by atoms with Crippen molar-refractivity contribution in [3.05, 3.63) is 71.5 Å². The third-order valence-electron chi connectivity index (χ3n) is 6.18. The van der Waals surface area contributed by atoms with Gasteiger partial charge in [-0.25, -0.2) is 9.59 Å². The summed E-state index contributed by atoms with van der Waals surface area (Å²) in [6.07, 6.45) is 1.17. The molecule has 1 aliphatic heterocycles. The van der Waals surface area contributed by atoms with Crippen LogP contribution in [0.2, 0.25) is 0 Å². The number of aliphatic carboxylic acids is 1. The van der Waals surface area contributed by atoms with Crippen molar-refractivity contribution in [1.82, 2.24) is 14.7 Å². The molecule has 2 aliphatic rings. The van der Waals surface area contributed by atoms with Gasteiger partial charge in [0.05, 0.1) is 5.69 Å². The van der Waals surface area contributed by atoms with Crippen LogP contribution >= 0.6 is 0 Å². The summed E-state index contributed by atoms with van der Waals surface area (Å²) in [6, 6.07) is 15.2. The van der Waals surface area contributed by atoms with Gasteiger partial charge in [-0.2, -0.15) is 5.10 Å². The van der Waals surface area contributed by atoms with Crippen molar-refractivity contribution in [1.29, 1.82) is 0 Å². The summed E-state index contributed by atoms with van der Waals surface area (Å²) < 4.78 is 6.93. The lowest BCUT2D eigenvalue weighted by atomic mass is 9.98. The molecule has 1 atom stereocenters. The number of hydrogen-bond acceptors (Lipinski definition) is 5. The molecule has 3 aromatic rings. The van der Waals surface area contributed by atoms with Crippen LogP contribution in [-0.4, -0.2) is 57.0 Å². The normalized spacial score (nSPS) is 16.5. The number of anilines is 1. The van der Waals surface area contributed by atoms with Crippen LogP contribution in [-0.2, 0) is 16.6 Å². The smallest absolute Gasteiger partial charge is 0.411 e. The summed E-state index contributed by atoms with van der Waals surface area (Å²) in [6.45, 7) is 0.466. The summed E-state index contributed by atoms with van der Waals surface area (Å²) in [4.78, 5) is 37.9. The highest BCUT2D eigenvalue weighted by Gasteiger charge is 2.40. The second kappa shape index (κ2) is 8.09. The highest BCUT2D eigenvalue weighted by Crippen LogP contribution is 2.44. The quantitative estimate of drug-likeness (QED) is 0.623. The first kappa shape index (κ1) is 20.7. The number of carboxylic acid groups (broad SMARTS) is 1. The van der Waals surface area contributed by atoms with Crippen molar-refractivity contribution in [2.75, 3.05) is 18.5 Å². The van der Waals surface area contributed by atoms with E-state index in [4.69, 9.17) is 4.74 Å². The van der Waals surface area contributed by atoms with Crippen molar-refractivity contribution in [2.45, 2.75) is 18.4 Å². The van der Waals surface area contributed by atoms with E-state index in [1.165, 1.54) is 15.8 Å². The zero-order valence-corrected chi connectivity index (χ0v) is 17.9. The van der Waals surface area contributed by atoms with E-state index in [2.05, 4.69) is 22.5 Å². The zero-order valence-electron chi connectivity index (χ0n) is 17.9. The number of carbonyl (C=O) groups excluding carboxylic acids is 2. The van der Waals surface area contributed by atoms with E-state index in [0.717, 1.165) is 22.3 Å². The lowest BCUT2D eigenvalue weighted by molar-refractivity contribution is -0.146. The Kier molecular flexibility index (Phi) is 5.08. The summed E-state index contributed by atoms with van der Waals surface area (Å²) in [5.74, 6) is -1.68. The lowest BCUT2D eigenvalue weighted by Crippen LogP contribution is -2.55. The first-order valence-electron chi connectivity index (χ1n) is 10.6. The summed E-state index contributed by atoms with van der Waals surface area (Å²) in [5.41, 5.74) is 4.62. The minimum Gasteiger partial charge on any atom is -0.480 e. The number of carbonyl (C=O) groups is 3. The van der Waals surface area contributed by atoms with Crippen LogP contribution < -0.4 is 5.32 Å². The average molecular weight is 446 g/mol. The van der Waals surface area contributed by atoms with E-state index in [0.29, 0.717) is 13.0 Å². The fourth-order valence-corrected chi connectivity index (χ4v) is 4.51. The van der Waals surface area contributed by atoms with Crippen molar-refractivity contribution < 1.29 is 24.2 Å². The molecule has 9 heteroatoms. The van der Waals surface area contributed by atoms with Gasteiger partial charge in [0.1, 0.15) is 12.6 Å². The number of aryl methyl sites for hydroxylation is 1. The molecule has 1 unspecified atom stereocenters. The van der Waals surface area contributed by atoms with Gasteiger partial charge >= 0.3 is 12.1 Å². The molecule has 0 bridgehead atoms. The summed E-state index contributed by atoms with van der Waals surface area (Å²) in [7, 11) is 1.62. The number of ether oxygens (including phenoxy) is 1. The third-order valence-corrected chi connectivity index (χ3v) is 6.18. The standard InChI is InChI=1S/C24H22N4O5/c1-27-12-19(21(26-27)22(29)28-11-10-20(28)23(30)31)25-24(32)33-13-18-16-8-4-2-6-14(16)15-7-3-5-9-17(15)18/h2-9,12,18,20H,10-11,13H2,1H3,(H,25,32)(H,30,31). The van der Waals surface area contributed by atoms with Crippen molar-refractivity contribution in [2.24, 2.45) is 7.05 Å². The summed E-state index contributed by atoms with van der Waals surface area (Å²) in [5, 5.41) is 15.9. The molecule has 2 N–H and O–H groups in total.